The highest BCUT2D eigenvalue weighted by molar-refractivity contribution is 5.77. The lowest BCUT2D eigenvalue weighted by Crippen LogP contribution is -2.30. The Hall–Kier alpha value is -3.29. The summed E-state index contributed by atoms with van der Waals surface area (Å²) in [6.07, 6.45) is -0.285. The van der Waals surface area contributed by atoms with Gasteiger partial charge in [0.15, 0.2) is 6.61 Å². The van der Waals surface area contributed by atoms with Gasteiger partial charge in [0.2, 0.25) is 0 Å². The van der Waals surface area contributed by atoms with Crippen LogP contribution in [-0.4, -0.2) is 28.8 Å². The molecular weight excluding hydrogens is 371 g/mol. The van der Waals surface area contributed by atoms with Crippen molar-refractivity contribution in [1.29, 1.82) is 0 Å². The Morgan fingerprint density at radius 2 is 1.89 bits per heavy atom. The summed E-state index contributed by atoms with van der Waals surface area (Å²) in [6.45, 7) is 0.00978. The van der Waals surface area contributed by atoms with Crippen molar-refractivity contribution in [1.82, 2.24) is 15.1 Å². The van der Waals surface area contributed by atoms with Crippen LogP contribution in [0.4, 0.5) is 13.2 Å². The van der Waals surface area contributed by atoms with E-state index in [1.54, 1.807) is 10.9 Å². The highest BCUT2D eigenvalue weighted by atomic mass is 19.4. The molecule has 0 saturated heterocycles. The summed E-state index contributed by atoms with van der Waals surface area (Å²) in [5.41, 5.74) is 1.07. The molecule has 0 atom stereocenters. The van der Waals surface area contributed by atoms with E-state index in [2.05, 4.69) is 10.4 Å². The lowest BCUT2D eigenvalue weighted by molar-refractivity contribution is -0.137. The van der Waals surface area contributed by atoms with Gasteiger partial charge in [-0.1, -0.05) is 24.3 Å². The molecule has 0 aliphatic heterocycles. The number of ether oxygens (including phenoxy) is 1. The zero-order valence-corrected chi connectivity index (χ0v) is 14.8. The minimum Gasteiger partial charge on any atom is -0.484 e. The van der Waals surface area contributed by atoms with Crippen LogP contribution >= 0.6 is 0 Å². The van der Waals surface area contributed by atoms with E-state index in [1.165, 1.54) is 12.1 Å². The summed E-state index contributed by atoms with van der Waals surface area (Å²) in [7, 11) is 0. The van der Waals surface area contributed by atoms with Gasteiger partial charge < -0.3 is 10.1 Å². The number of aromatic nitrogens is 2. The zero-order valence-electron chi connectivity index (χ0n) is 14.8. The maximum atomic E-state index is 12.7. The lowest BCUT2D eigenvalue weighted by Gasteiger charge is -2.10. The van der Waals surface area contributed by atoms with Crippen LogP contribution in [0.2, 0.25) is 0 Å². The number of benzene rings is 2. The molecule has 146 valence electrons. The Labute approximate surface area is 159 Å². The number of alkyl halides is 3. The summed E-state index contributed by atoms with van der Waals surface area (Å²) >= 11 is 0. The highest BCUT2D eigenvalue weighted by Gasteiger charge is 2.30. The molecule has 0 aliphatic carbocycles. The third kappa shape index (κ3) is 5.35. The van der Waals surface area contributed by atoms with Crippen LogP contribution in [0.25, 0.3) is 5.69 Å². The molecule has 1 aromatic heterocycles. The molecule has 1 amide bonds. The van der Waals surface area contributed by atoms with Gasteiger partial charge in [-0.2, -0.15) is 18.3 Å². The highest BCUT2D eigenvalue weighted by Crippen LogP contribution is 2.31. The van der Waals surface area contributed by atoms with Crippen LogP contribution in [0.15, 0.2) is 67.0 Å². The van der Waals surface area contributed by atoms with Gasteiger partial charge in [-0.15, -0.1) is 0 Å². The first-order chi connectivity index (χ1) is 13.4. The van der Waals surface area contributed by atoms with Crippen molar-refractivity contribution >= 4 is 5.91 Å². The van der Waals surface area contributed by atoms with Crippen molar-refractivity contribution in [3.05, 3.63) is 78.1 Å². The number of hydrogen-bond acceptors (Lipinski definition) is 3. The summed E-state index contributed by atoms with van der Waals surface area (Å²) in [5.74, 6) is -0.415. The van der Waals surface area contributed by atoms with Crippen molar-refractivity contribution in [2.24, 2.45) is 0 Å². The summed E-state index contributed by atoms with van der Waals surface area (Å²) in [6, 6.07) is 14.1. The van der Waals surface area contributed by atoms with E-state index in [1.807, 2.05) is 36.5 Å². The number of nitrogens with one attached hydrogen (secondary N) is 1. The van der Waals surface area contributed by atoms with Gasteiger partial charge in [-0.25, -0.2) is 4.68 Å². The average molecular weight is 389 g/mol. The molecule has 0 unspecified atom stereocenters. The predicted molar refractivity (Wildman–Crippen MR) is 97.2 cm³/mol. The van der Waals surface area contributed by atoms with Crippen LogP contribution in [0, 0.1) is 0 Å². The van der Waals surface area contributed by atoms with E-state index >= 15 is 0 Å². The molecule has 0 spiro atoms. The summed E-state index contributed by atoms with van der Waals surface area (Å²) in [5, 5.41) is 6.95. The second-order valence-electron chi connectivity index (χ2n) is 6.04. The van der Waals surface area contributed by atoms with Crippen LogP contribution < -0.4 is 10.1 Å². The second kappa shape index (κ2) is 8.60. The molecule has 0 radical (unpaired) electrons. The van der Waals surface area contributed by atoms with E-state index in [-0.39, 0.29) is 12.4 Å². The molecule has 5 nitrogen and oxygen atoms in total. The van der Waals surface area contributed by atoms with Crippen molar-refractivity contribution < 1.29 is 22.7 Å². The number of halogens is 3. The predicted octanol–water partition coefficient (Wildman–Crippen LogP) is 3.63. The van der Waals surface area contributed by atoms with Crippen molar-refractivity contribution in [3.63, 3.8) is 0 Å². The molecule has 2 aromatic carbocycles. The smallest absolute Gasteiger partial charge is 0.416 e. The van der Waals surface area contributed by atoms with Crippen molar-refractivity contribution in [2.75, 3.05) is 13.2 Å². The topological polar surface area (TPSA) is 56.1 Å². The number of carbonyl (C=O) groups is 1. The van der Waals surface area contributed by atoms with Gasteiger partial charge in [0.1, 0.15) is 5.75 Å². The van der Waals surface area contributed by atoms with Gasteiger partial charge in [-0.3, -0.25) is 4.79 Å². The Bertz CT molecular complexity index is 924. The largest absolute Gasteiger partial charge is 0.484 e. The quantitative estimate of drug-likeness (QED) is 0.671. The Morgan fingerprint density at radius 1 is 1.11 bits per heavy atom. The first-order valence-electron chi connectivity index (χ1n) is 8.57. The van der Waals surface area contributed by atoms with E-state index in [4.69, 9.17) is 4.74 Å². The molecule has 0 aliphatic rings. The maximum Gasteiger partial charge on any atom is 0.416 e. The first-order valence-corrected chi connectivity index (χ1v) is 8.57. The minimum absolute atomic E-state index is 0.00545. The van der Waals surface area contributed by atoms with Gasteiger partial charge >= 0.3 is 6.18 Å². The molecule has 0 fully saturated rings. The van der Waals surface area contributed by atoms with Gasteiger partial charge in [-0.05, 0) is 42.3 Å². The average Bonchev–Trinajstić information content (AvgIpc) is 3.16. The Morgan fingerprint density at radius 3 is 2.64 bits per heavy atom. The van der Waals surface area contributed by atoms with Gasteiger partial charge in [0.25, 0.3) is 5.91 Å². The van der Waals surface area contributed by atoms with Crippen molar-refractivity contribution in [2.45, 2.75) is 12.6 Å². The third-order valence-electron chi connectivity index (χ3n) is 3.92. The maximum absolute atomic E-state index is 12.7. The number of amides is 1. The number of rotatable bonds is 7. The molecule has 1 N–H and O–H groups in total. The van der Waals surface area contributed by atoms with E-state index in [9.17, 15) is 18.0 Å². The Kier molecular flexibility index (Phi) is 5.98. The molecule has 28 heavy (non-hydrogen) atoms. The van der Waals surface area contributed by atoms with Crippen molar-refractivity contribution in [3.8, 4) is 11.4 Å². The number of nitrogens with zero attached hydrogens (tertiary/aromatic N) is 2. The summed E-state index contributed by atoms with van der Waals surface area (Å²) < 4.78 is 44.9. The zero-order chi connectivity index (χ0) is 20.0. The van der Waals surface area contributed by atoms with Crippen LogP contribution in [0.3, 0.4) is 0 Å². The molecule has 0 saturated carbocycles. The monoisotopic (exact) mass is 389 g/mol. The molecule has 3 rings (SSSR count). The fraction of sp³-hybridized carbons (Fsp3) is 0.200. The molecule has 1 heterocycles. The summed E-state index contributed by atoms with van der Waals surface area (Å²) in [4.78, 5) is 11.8. The Balaban J connectivity index is 1.44. The fourth-order valence-electron chi connectivity index (χ4n) is 2.52. The van der Waals surface area contributed by atoms with Gasteiger partial charge in [0, 0.05) is 12.7 Å². The molecular formula is C20H18F3N3O2. The number of carbonyl (C=O) groups excluding carboxylic acids is 1. The standard InChI is InChI=1S/C20H18F3N3O2/c21-20(22,23)16-5-4-8-18(11-16)28-14-19(27)24-10-9-15-12-25-26(13-15)17-6-2-1-3-7-17/h1-8,11-13H,9-10,14H2,(H,24,27). The molecule has 3 aromatic rings. The van der Waals surface area contributed by atoms with Crippen LogP contribution in [-0.2, 0) is 17.4 Å². The third-order valence-corrected chi connectivity index (χ3v) is 3.92. The van der Waals surface area contributed by atoms with E-state index < -0.39 is 17.6 Å². The van der Waals surface area contributed by atoms with Crippen LogP contribution in [0.1, 0.15) is 11.1 Å². The first kappa shape index (κ1) is 19.5. The number of hydrogen-bond donors (Lipinski definition) is 1. The number of para-hydroxylation sites is 1. The SMILES string of the molecule is O=C(COc1cccc(C(F)(F)F)c1)NCCc1cnn(-c2ccccc2)c1. The van der Waals surface area contributed by atoms with Crippen LogP contribution in [0.5, 0.6) is 5.75 Å². The van der Waals surface area contributed by atoms with E-state index in [0.29, 0.717) is 13.0 Å². The normalized spacial score (nSPS) is 11.2. The lowest BCUT2D eigenvalue weighted by atomic mass is 10.2. The molecule has 8 heteroatoms. The van der Waals surface area contributed by atoms with E-state index in [0.717, 1.165) is 23.4 Å². The minimum atomic E-state index is -4.45. The molecule has 0 bridgehead atoms. The second-order valence-corrected chi connectivity index (χ2v) is 6.04. The fourth-order valence-corrected chi connectivity index (χ4v) is 2.52. The van der Waals surface area contributed by atoms with Gasteiger partial charge in [0.05, 0.1) is 17.4 Å².